The summed E-state index contributed by atoms with van der Waals surface area (Å²) < 4.78 is 0. The van der Waals surface area contributed by atoms with Gasteiger partial charge in [-0.1, -0.05) is 0 Å². The molecule has 12 heavy (non-hydrogen) atoms. The van der Waals surface area contributed by atoms with Gasteiger partial charge in [0.25, 0.3) is 0 Å². The van der Waals surface area contributed by atoms with Gasteiger partial charge >= 0.3 is 191 Å². The molecule has 12 heteroatoms. The Hall–Kier alpha value is 5.91. The second kappa shape index (κ2) is 122. The molecule has 0 saturated carbocycles. The Labute approximate surface area is 222 Å². The summed E-state index contributed by atoms with van der Waals surface area (Å²) in [6, 6.07) is 0. The molecule has 1 radical (unpaired) electrons. The van der Waals surface area contributed by atoms with Crippen molar-refractivity contribution in [2.24, 2.45) is 0 Å². The van der Waals surface area contributed by atoms with Gasteiger partial charge in [0.2, 0.25) is 0 Å². The Morgan fingerprint density at radius 2 is 0.500 bits per heavy atom. The molecular formula is BaCuEuLaO7Th. The monoisotopic (exact) mass is 837 g/mol. The minimum absolute atomic E-state index is 0. The van der Waals surface area contributed by atoms with Gasteiger partial charge in [-0.25, -0.2) is 0 Å². The van der Waals surface area contributed by atoms with E-state index < -0.39 is 0 Å². The van der Waals surface area contributed by atoms with Crippen LogP contribution in [-0.2, 0) is 55.4 Å². The van der Waals surface area contributed by atoms with E-state index in [1.54, 1.807) is 0 Å². The number of hydrogen-bond donors (Lipinski definition) is 0. The summed E-state index contributed by atoms with van der Waals surface area (Å²) >= 11 is 0. The fourth-order valence-electron chi connectivity index (χ4n) is 0. The van der Waals surface area contributed by atoms with Gasteiger partial charge in [0.15, 0.2) is 0 Å². The molecule has 0 N–H and O–H groups in total. The summed E-state index contributed by atoms with van der Waals surface area (Å²) in [5.74, 6) is 0. The van der Waals surface area contributed by atoms with Crippen LogP contribution in [0.1, 0.15) is 0 Å². The molecule has 0 aromatic heterocycles. The average Bonchev–Trinajstić information content (AvgIpc) is 0. The Morgan fingerprint density at radius 1 is 0.500 bits per heavy atom. The molecule has 69 valence electrons. The molecule has 0 unspecified atom stereocenters. The predicted molar refractivity (Wildman–Crippen MR) is 10.6 cm³/mol. The maximum Gasteiger partial charge on any atom is 4.00 e. The molecule has 0 amide bonds. The predicted octanol–water partition coefficient (Wildman–Crippen LogP) is -1.21. The van der Waals surface area contributed by atoms with Gasteiger partial charge in [-0.3, -0.25) is 0 Å². The molecule has 0 rings (SSSR count). The molecule has 0 aromatic rings. The van der Waals surface area contributed by atoms with Crippen LogP contribution in [0.2, 0.25) is 0 Å². The summed E-state index contributed by atoms with van der Waals surface area (Å²) in [7, 11) is 0. The van der Waals surface area contributed by atoms with Crippen molar-refractivity contribution in [1.29, 1.82) is 0 Å². The number of hydrogen-bond acceptors (Lipinski definition) is 0. The van der Waals surface area contributed by atoms with Crippen LogP contribution < -0.4 is 0 Å². The van der Waals surface area contributed by atoms with Crippen molar-refractivity contribution in [2.75, 3.05) is 0 Å². The standard InChI is InChI=1S/Ba.Cu.Eu.La.7O.Th/q2*+2;2*+3;7*-2;+4. The first-order chi connectivity index (χ1) is 0. The van der Waals surface area contributed by atoms with E-state index in [-0.39, 0.29) is 229 Å². The normalized spacial score (nSPS) is 0. The molecule has 0 aromatic carbocycles. The zero-order chi connectivity index (χ0) is 0. The molecule has 0 fully saturated rings. The van der Waals surface area contributed by atoms with Crippen LogP contribution in [0.5, 0.6) is 0 Å². The molecule has 0 spiro atoms. The summed E-state index contributed by atoms with van der Waals surface area (Å²) in [4.78, 5) is 0. The first kappa shape index (κ1) is 147. The van der Waals surface area contributed by atoms with Crippen molar-refractivity contribution in [3.63, 3.8) is 0 Å². The third-order valence-corrected chi connectivity index (χ3v) is 0. The first-order valence-corrected chi connectivity index (χ1v) is 0. The van der Waals surface area contributed by atoms with Crippen molar-refractivity contribution >= 4 is 48.9 Å². The molecule has 0 bridgehead atoms. The maximum atomic E-state index is 0. The maximum absolute atomic E-state index is 0. The summed E-state index contributed by atoms with van der Waals surface area (Å²) in [6.45, 7) is 0. The van der Waals surface area contributed by atoms with Crippen LogP contribution in [0.15, 0.2) is 0 Å². The van der Waals surface area contributed by atoms with E-state index in [9.17, 15) is 0 Å². The smallest absolute Gasteiger partial charge is 2.00 e. The first-order valence-electron chi connectivity index (χ1n) is 0. The van der Waals surface area contributed by atoms with Gasteiger partial charge < -0.3 is 38.3 Å². The molecular weight excluding hydrogens is 836 g/mol. The minimum Gasteiger partial charge on any atom is -2.00 e. The fourth-order valence-corrected chi connectivity index (χ4v) is 0. The quantitative estimate of drug-likeness (QED) is 0.264. The van der Waals surface area contributed by atoms with Crippen LogP contribution in [0, 0.1) is 125 Å². The average molecular weight is 836 g/mol. The molecule has 0 atom stereocenters. The van der Waals surface area contributed by atoms with E-state index >= 15 is 0 Å². The van der Waals surface area contributed by atoms with E-state index in [0.29, 0.717) is 0 Å². The van der Waals surface area contributed by atoms with Crippen LogP contribution in [0.4, 0.5) is 0 Å². The summed E-state index contributed by atoms with van der Waals surface area (Å²) in [5.41, 5.74) is 0. The third kappa shape index (κ3) is 101. The second-order valence-electron chi connectivity index (χ2n) is 0. The van der Waals surface area contributed by atoms with Crippen LogP contribution in [0.25, 0.3) is 0 Å². The largest absolute Gasteiger partial charge is 4.00 e. The third-order valence-electron chi connectivity index (χ3n) is 0. The zero-order valence-corrected chi connectivity index (χ0v) is 20.9. The number of rotatable bonds is 0. The van der Waals surface area contributed by atoms with Crippen molar-refractivity contribution in [3.05, 3.63) is 0 Å². The van der Waals surface area contributed by atoms with Crippen LogP contribution in [-0.4, -0.2) is 48.9 Å². The Kier molecular flexibility index (Phi) is 1500. The van der Waals surface area contributed by atoms with Crippen LogP contribution >= 0.6 is 0 Å². The van der Waals surface area contributed by atoms with Gasteiger partial charge in [-0.2, -0.15) is 0 Å². The van der Waals surface area contributed by atoms with Crippen LogP contribution in [0.3, 0.4) is 0 Å². The zero-order valence-electron chi connectivity index (χ0n) is 5.32. The van der Waals surface area contributed by atoms with Crippen molar-refractivity contribution in [1.82, 2.24) is 0 Å². The van der Waals surface area contributed by atoms with Gasteiger partial charge in [0.1, 0.15) is 0 Å². The van der Waals surface area contributed by atoms with Crippen molar-refractivity contribution in [3.8, 4) is 0 Å². The SMILES string of the molecule is [Ba+2].[Cu+2].[Eu+3].[La+3].[O-2].[O-2].[O-2].[O-2].[O-2].[O-2].[O-2].[Th+4]. The fraction of sp³-hybridized carbons (Fsp3) is 0. The minimum atomic E-state index is 0. The van der Waals surface area contributed by atoms with Gasteiger partial charge in [0.05, 0.1) is 0 Å². The molecule has 7 nitrogen and oxygen atoms in total. The second-order valence-corrected chi connectivity index (χ2v) is 0. The van der Waals surface area contributed by atoms with E-state index in [1.165, 1.54) is 0 Å². The Bertz CT molecular complexity index is 23.4. The topological polar surface area (TPSA) is 200 Å². The Balaban J connectivity index is 0. The summed E-state index contributed by atoms with van der Waals surface area (Å²) in [6.07, 6.45) is 0. The molecule has 0 saturated heterocycles. The molecule has 0 aliphatic carbocycles. The van der Waals surface area contributed by atoms with E-state index in [4.69, 9.17) is 0 Å². The van der Waals surface area contributed by atoms with Gasteiger partial charge in [-0.15, -0.1) is 0 Å². The van der Waals surface area contributed by atoms with E-state index in [2.05, 4.69) is 0 Å². The van der Waals surface area contributed by atoms with Crippen molar-refractivity contribution < 1.29 is 180 Å². The Morgan fingerprint density at radius 3 is 0.500 bits per heavy atom. The van der Waals surface area contributed by atoms with Gasteiger partial charge in [0, 0.05) is 0 Å². The van der Waals surface area contributed by atoms with E-state index in [0.717, 1.165) is 0 Å². The summed E-state index contributed by atoms with van der Waals surface area (Å²) in [5, 5.41) is 0. The molecule has 0 heterocycles. The van der Waals surface area contributed by atoms with Gasteiger partial charge in [-0.05, 0) is 0 Å². The van der Waals surface area contributed by atoms with E-state index in [1.807, 2.05) is 0 Å². The molecule has 0 aliphatic heterocycles. The molecule has 0 aliphatic rings. The van der Waals surface area contributed by atoms with Crippen molar-refractivity contribution in [2.45, 2.75) is 0 Å².